The number of halogens is 4. The Morgan fingerprint density at radius 1 is 1.21 bits per heavy atom. The van der Waals surface area contributed by atoms with Gasteiger partial charge in [-0.05, 0) is 61.7 Å². The van der Waals surface area contributed by atoms with Gasteiger partial charge in [0, 0.05) is 13.1 Å². The second-order valence-corrected chi connectivity index (χ2v) is 9.33. The molecule has 4 rings (SSSR count). The Labute approximate surface area is 174 Å². The van der Waals surface area contributed by atoms with Gasteiger partial charge < -0.3 is 14.1 Å². The lowest BCUT2D eigenvalue weighted by Crippen LogP contribution is -2.56. The van der Waals surface area contributed by atoms with Crippen LogP contribution in [0.5, 0.6) is 0 Å². The fourth-order valence-corrected chi connectivity index (χ4v) is 4.48. The number of oxazole rings is 1. The van der Waals surface area contributed by atoms with Crippen LogP contribution in [0, 0.1) is 0 Å². The number of carbonyl (C=O) groups is 1. The predicted octanol–water partition coefficient (Wildman–Crippen LogP) is 5.20. The number of hydrogen-bond donors (Lipinski definition) is 0. The molecular weight excluding hydrogens is 455 g/mol. The van der Waals surface area contributed by atoms with Crippen LogP contribution in [0.25, 0.3) is 11.1 Å². The molecule has 6 nitrogen and oxygen atoms in total. The van der Waals surface area contributed by atoms with Crippen LogP contribution in [0.1, 0.15) is 39.2 Å². The largest absolute Gasteiger partial charge is 0.444 e. The normalized spacial score (nSPS) is 22.4. The SMILES string of the molecule is CC(C)(C)OC(=O)N1C2CCC1CN(c1nc3cc(C(F)(F)F)cc(Br)c3o1)C2. The molecule has 0 radical (unpaired) electrons. The van der Waals surface area contributed by atoms with Crippen molar-refractivity contribution in [2.24, 2.45) is 0 Å². The van der Waals surface area contributed by atoms with E-state index in [0.29, 0.717) is 13.1 Å². The highest BCUT2D eigenvalue weighted by atomic mass is 79.9. The van der Waals surface area contributed by atoms with Crippen molar-refractivity contribution in [2.75, 3.05) is 18.0 Å². The number of benzene rings is 1. The van der Waals surface area contributed by atoms with E-state index in [0.717, 1.165) is 25.0 Å². The van der Waals surface area contributed by atoms with Crippen LogP contribution in [-0.4, -0.2) is 46.8 Å². The number of ether oxygens (including phenoxy) is 1. The van der Waals surface area contributed by atoms with Crippen molar-refractivity contribution >= 4 is 39.1 Å². The Hall–Kier alpha value is -1.97. The monoisotopic (exact) mass is 475 g/mol. The average molecular weight is 476 g/mol. The van der Waals surface area contributed by atoms with E-state index < -0.39 is 17.3 Å². The summed E-state index contributed by atoms with van der Waals surface area (Å²) in [5.41, 5.74) is -0.943. The minimum Gasteiger partial charge on any atom is -0.444 e. The van der Waals surface area contributed by atoms with Crippen LogP contribution < -0.4 is 4.90 Å². The summed E-state index contributed by atoms with van der Waals surface area (Å²) in [4.78, 5) is 20.5. The quantitative estimate of drug-likeness (QED) is 0.567. The Morgan fingerprint density at radius 2 is 1.83 bits per heavy atom. The van der Waals surface area contributed by atoms with Crippen molar-refractivity contribution < 1.29 is 27.1 Å². The molecule has 0 aliphatic carbocycles. The predicted molar refractivity (Wildman–Crippen MR) is 104 cm³/mol. The molecule has 2 aliphatic heterocycles. The zero-order chi connectivity index (χ0) is 21.1. The molecule has 29 heavy (non-hydrogen) atoms. The van der Waals surface area contributed by atoms with E-state index in [4.69, 9.17) is 9.15 Å². The van der Waals surface area contributed by atoms with Crippen LogP contribution in [0.4, 0.5) is 24.0 Å². The van der Waals surface area contributed by atoms with E-state index in [1.165, 1.54) is 0 Å². The first-order chi connectivity index (χ1) is 13.4. The summed E-state index contributed by atoms with van der Waals surface area (Å²) in [7, 11) is 0. The number of hydrogen-bond acceptors (Lipinski definition) is 5. The van der Waals surface area contributed by atoms with Gasteiger partial charge in [0.15, 0.2) is 5.58 Å². The zero-order valence-electron chi connectivity index (χ0n) is 16.2. The summed E-state index contributed by atoms with van der Waals surface area (Å²) < 4.78 is 50.7. The molecule has 1 amide bonds. The average Bonchev–Trinajstić information content (AvgIpc) is 3.12. The van der Waals surface area contributed by atoms with Crippen LogP contribution in [0.3, 0.4) is 0 Å². The number of fused-ring (bicyclic) bond motifs is 3. The topological polar surface area (TPSA) is 58.8 Å². The molecular formula is C19H21BrF3N3O3. The van der Waals surface area contributed by atoms with Gasteiger partial charge in [0.05, 0.1) is 22.1 Å². The second-order valence-electron chi connectivity index (χ2n) is 8.48. The maximum Gasteiger partial charge on any atom is 0.416 e. The van der Waals surface area contributed by atoms with Gasteiger partial charge in [-0.15, -0.1) is 0 Å². The van der Waals surface area contributed by atoms with Crippen LogP contribution >= 0.6 is 15.9 Å². The van der Waals surface area contributed by atoms with Crippen molar-refractivity contribution in [3.05, 3.63) is 22.2 Å². The molecule has 1 aromatic carbocycles. The molecule has 2 unspecified atom stereocenters. The molecule has 2 saturated heterocycles. The Kier molecular flexibility index (Phi) is 4.75. The molecule has 2 atom stereocenters. The second kappa shape index (κ2) is 6.78. The standard InChI is InChI=1S/C19H21BrF3N3O3/c1-18(2,3)29-17(27)26-11-4-5-12(26)9-25(8-11)16-24-14-7-10(19(21,22)23)6-13(20)15(14)28-16/h6-7,11-12H,4-5,8-9H2,1-3H3. The number of amides is 1. The summed E-state index contributed by atoms with van der Waals surface area (Å²) in [5.74, 6) is 0. The molecule has 0 saturated carbocycles. The Balaban J connectivity index is 1.58. The van der Waals surface area contributed by atoms with Crippen molar-refractivity contribution in [3.8, 4) is 0 Å². The van der Waals surface area contributed by atoms with Gasteiger partial charge in [-0.3, -0.25) is 4.90 Å². The van der Waals surface area contributed by atoms with E-state index in [1.807, 2.05) is 25.7 Å². The van der Waals surface area contributed by atoms with E-state index in [2.05, 4.69) is 20.9 Å². The number of piperazine rings is 1. The van der Waals surface area contributed by atoms with Crippen molar-refractivity contribution in [2.45, 2.75) is 57.5 Å². The number of carbonyl (C=O) groups excluding carboxylic acids is 1. The first-order valence-electron chi connectivity index (χ1n) is 9.36. The first-order valence-corrected chi connectivity index (χ1v) is 10.2. The molecule has 3 heterocycles. The van der Waals surface area contributed by atoms with E-state index in [-0.39, 0.29) is 39.8 Å². The van der Waals surface area contributed by atoms with Gasteiger partial charge in [-0.1, -0.05) is 0 Å². The van der Waals surface area contributed by atoms with E-state index in [1.54, 1.807) is 4.90 Å². The lowest BCUT2D eigenvalue weighted by atomic mass is 10.2. The van der Waals surface area contributed by atoms with Crippen molar-refractivity contribution in [3.63, 3.8) is 0 Å². The lowest BCUT2D eigenvalue weighted by Gasteiger charge is -2.40. The van der Waals surface area contributed by atoms with Gasteiger partial charge in [0.1, 0.15) is 11.1 Å². The van der Waals surface area contributed by atoms with Gasteiger partial charge in [-0.2, -0.15) is 18.2 Å². The molecule has 2 fully saturated rings. The van der Waals surface area contributed by atoms with Gasteiger partial charge >= 0.3 is 12.3 Å². The van der Waals surface area contributed by atoms with Gasteiger partial charge in [0.25, 0.3) is 6.01 Å². The fraction of sp³-hybridized carbons (Fsp3) is 0.579. The molecule has 0 N–H and O–H groups in total. The molecule has 1 aromatic heterocycles. The molecule has 0 spiro atoms. The Bertz CT molecular complexity index is 940. The summed E-state index contributed by atoms with van der Waals surface area (Å²) >= 11 is 3.15. The number of aromatic nitrogens is 1. The first kappa shape index (κ1) is 20.3. The third-order valence-electron chi connectivity index (χ3n) is 5.12. The third-order valence-corrected chi connectivity index (χ3v) is 5.71. The van der Waals surface area contributed by atoms with Crippen molar-refractivity contribution in [1.29, 1.82) is 0 Å². The smallest absolute Gasteiger partial charge is 0.416 e. The molecule has 10 heteroatoms. The zero-order valence-corrected chi connectivity index (χ0v) is 17.8. The molecule has 2 aliphatic rings. The highest BCUT2D eigenvalue weighted by molar-refractivity contribution is 9.10. The van der Waals surface area contributed by atoms with Gasteiger partial charge in [-0.25, -0.2) is 4.79 Å². The number of anilines is 1. The number of rotatable bonds is 1. The van der Waals surface area contributed by atoms with Gasteiger partial charge in [0.2, 0.25) is 0 Å². The molecule has 2 aromatic rings. The maximum absolute atomic E-state index is 13.1. The third kappa shape index (κ3) is 3.91. The van der Waals surface area contributed by atoms with E-state index in [9.17, 15) is 18.0 Å². The van der Waals surface area contributed by atoms with Crippen LogP contribution in [-0.2, 0) is 10.9 Å². The van der Waals surface area contributed by atoms with Crippen molar-refractivity contribution in [1.82, 2.24) is 9.88 Å². The fourth-order valence-electron chi connectivity index (χ4n) is 3.95. The number of nitrogens with zero attached hydrogens (tertiary/aromatic N) is 3. The minimum atomic E-state index is -4.46. The molecule has 2 bridgehead atoms. The Morgan fingerprint density at radius 3 is 2.38 bits per heavy atom. The lowest BCUT2D eigenvalue weighted by molar-refractivity contribution is -0.137. The number of alkyl halides is 3. The highest BCUT2D eigenvalue weighted by Gasteiger charge is 2.45. The highest BCUT2D eigenvalue weighted by Crippen LogP contribution is 2.38. The van der Waals surface area contributed by atoms with E-state index >= 15 is 0 Å². The van der Waals surface area contributed by atoms with Crippen LogP contribution in [0.2, 0.25) is 0 Å². The summed E-state index contributed by atoms with van der Waals surface area (Å²) in [5, 5.41) is 0. The minimum absolute atomic E-state index is 0.0483. The summed E-state index contributed by atoms with van der Waals surface area (Å²) in [6, 6.07) is 2.14. The van der Waals surface area contributed by atoms with Crippen LogP contribution in [0.15, 0.2) is 21.0 Å². The summed E-state index contributed by atoms with van der Waals surface area (Å²) in [6.45, 7) is 6.47. The maximum atomic E-state index is 13.1. The summed E-state index contributed by atoms with van der Waals surface area (Å²) in [6.07, 6.45) is -3.13. The molecule has 158 valence electrons.